The number of aromatic carboxylic acids is 1. The summed E-state index contributed by atoms with van der Waals surface area (Å²) in [6.45, 7) is 9.89. The van der Waals surface area contributed by atoms with Gasteiger partial charge in [-0.05, 0) is 53.0 Å². The van der Waals surface area contributed by atoms with Crippen LogP contribution < -0.4 is 0 Å². The molecule has 1 heterocycles. The van der Waals surface area contributed by atoms with Crippen molar-refractivity contribution < 1.29 is 19.4 Å². The first kappa shape index (κ1) is 21.6. The molecule has 6 heteroatoms. The van der Waals surface area contributed by atoms with Crippen molar-refractivity contribution in [3.63, 3.8) is 0 Å². The summed E-state index contributed by atoms with van der Waals surface area (Å²) in [6.07, 6.45) is 2.22. The average Bonchev–Trinajstić information content (AvgIpc) is 3.17. The fraction of sp³-hybridized carbons (Fsp3) is 0.458. The lowest BCUT2D eigenvalue weighted by Gasteiger charge is -2.43. The number of carboxylic acids is 1. The van der Waals surface area contributed by atoms with Gasteiger partial charge in [0.25, 0.3) is 0 Å². The zero-order chi connectivity index (χ0) is 21.9. The van der Waals surface area contributed by atoms with Crippen molar-refractivity contribution in [2.24, 2.45) is 0 Å². The molecule has 0 unspecified atom stereocenters. The van der Waals surface area contributed by atoms with Crippen LogP contribution in [0.5, 0.6) is 0 Å². The van der Waals surface area contributed by atoms with Crippen LogP contribution in [0.3, 0.4) is 0 Å². The van der Waals surface area contributed by atoms with Crippen LogP contribution in [-0.4, -0.2) is 24.3 Å². The zero-order valence-electron chi connectivity index (χ0n) is 17.6. The van der Waals surface area contributed by atoms with Gasteiger partial charge in [-0.25, -0.2) is 4.79 Å². The smallest absolute Gasteiger partial charge is 0.337 e. The monoisotopic (exact) mass is 448 g/mol. The molecule has 0 spiro atoms. The van der Waals surface area contributed by atoms with Crippen LogP contribution in [0.25, 0.3) is 0 Å². The second-order valence-electron chi connectivity index (χ2n) is 9.46. The maximum atomic E-state index is 11.4. The van der Waals surface area contributed by atoms with Crippen molar-refractivity contribution in [1.82, 2.24) is 0 Å². The molecule has 2 aliphatic rings. The maximum Gasteiger partial charge on any atom is 0.337 e. The minimum atomic E-state index is -1.22. The molecule has 4 nitrogen and oxygen atoms in total. The van der Waals surface area contributed by atoms with E-state index in [4.69, 9.17) is 32.7 Å². The minimum absolute atomic E-state index is 0.0231. The Labute approximate surface area is 187 Å². The topological polar surface area (TPSA) is 55.8 Å². The van der Waals surface area contributed by atoms with Crippen molar-refractivity contribution in [2.45, 2.75) is 57.2 Å². The van der Waals surface area contributed by atoms with Gasteiger partial charge in [0.05, 0.1) is 28.8 Å². The Hall–Kier alpha value is -1.59. The Balaban J connectivity index is 1.92. The SMILES string of the molecule is CC1(C)CCC(C)(C)c2cc(C3(c4cc(Cl)c(C(=O)O)cc4Cl)OCCO3)ccc21. The lowest BCUT2D eigenvalue weighted by Crippen LogP contribution is -2.35. The van der Waals surface area contributed by atoms with Gasteiger partial charge in [0.15, 0.2) is 0 Å². The summed E-state index contributed by atoms with van der Waals surface area (Å²) in [4.78, 5) is 11.4. The second kappa shape index (κ2) is 7.23. The van der Waals surface area contributed by atoms with E-state index in [0.717, 1.165) is 18.4 Å². The van der Waals surface area contributed by atoms with E-state index in [0.29, 0.717) is 18.8 Å². The summed E-state index contributed by atoms with van der Waals surface area (Å²) < 4.78 is 12.3. The van der Waals surface area contributed by atoms with Gasteiger partial charge in [-0.3, -0.25) is 0 Å². The molecule has 1 aliphatic carbocycles. The zero-order valence-corrected chi connectivity index (χ0v) is 19.2. The van der Waals surface area contributed by atoms with Crippen molar-refractivity contribution >= 4 is 29.2 Å². The van der Waals surface area contributed by atoms with Gasteiger partial charge in [-0.2, -0.15) is 0 Å². The highest BCUT2D eigenvalue weighted by Gasteiger charge is 2.45. The Morgan fingerprint density at radius 2 is 1.47 bits per heavy atom. The Kier molecular flexibility index (Phi) is 5.22. The quantitative estimate of drug-likeness (QED) is 0.599. The number of ether oxygens (including phenoxy) is 2. The molecule has 1 saturated heterocycles. The molecule has 2 aromatic carbocycles. The Morgan fingerprint density at radius 1 is 0.867 bits per heavy atom. The number of carbonyl (C=O) groups is 1. The first-order valence-corrected chi connectivity index (χ1v) is 10.9. The molecular formula is C24H26Cl2O4. The number of carboxylic acid groups (broad SMARTS) is 1. The summed E-state index contributed by atoms with van der Waals surface area (Å²) in [5, 5.41) is 9.70. The number of hydrogen-bond acceptors (Lipinski definition) is 3. The molecule has 1 N–H and O–H groups in total. The molecule has 4 rings (SSSR count). The van der Waals surface area contributed by atoms with E-state index in [1.54, 1.807) is 6.07 Å². The van der Waals surface area contributed by atoms with Crippen LogP contribution in [0, 0.1) is 0 Å². The predicted octanol–water partition coefficient (Wildman–Crippen LogP) is 6.29. The first-order valence-electron chi connectivity index (χ1n) is 10.1. The predicted molar refractivity (Wildman–Crippen MR) is 118 cm³/mol. The molecule has 30 heavy (non-hydrogen) atoms. The van der Waals surface area contributed by atoms with Gasteiger partial charge < -0.3 is 14.6 Å². The van der Waals surface area contributed by atoms with Crippen LogP contribution in [0.1, 0.15) is 73.1 Å². The molecule has 0 saturated carbocycles. The van der Waals surface area contributed by atoms with E-state index in [1.165, 1.54) is 17.2 Å². The summed E-state index contributed by atoms with van der Waals surface area (Å²) in [7, 11) is 0. The molecule has 0 aromatic heterocycles. The minimum Gasteiger partial charge on any atom is -0.478 e. The number of fused-ring (bicyclic) bond motifs is 1. The van der Waals surface area contributed by atoms with E-state index in [1.807, 2.05) is 6.07 Å². The third-order valence-corrected chi connectivity index (χ3v) is 7.19. The molecule has 1 aliphatic heterocycles. The third-order valence-electron chi connectivity index (χ3n) is 6.57. The highest BCUT2D eigenvalue weighted by molar-refractivity contribution is 6.36. The second-order valence-corrected chi connectivity index (χ2v) is 10.3. The van der Waals surface area contributed by atoms with E-state index in [-0.39, 0.29) is 26.4 Å². The molecule has 1 fully saturated rings. The average molecular weight is 449 g/mol. The summed E-state index contributed by atoms with van der Waals surface area (Å²) in [5.41, 5.74) is 4.04. The van der Waals surface area contributed by atoms with Crippen LogP contribution in [0.2, 0.25) is 10.0 Å². The van der Waals surface area contributed by atoms with Crippen molar-refractivity contribution in [3.05, 3.63) is 68.2 Å². The number of hydrogen-bond donors (Lipinski definition) is 1. The molecular weight excluding hydrogens is 423 g/mol. The summed E-state index contributed by atoms with van der Waals surface area (Å²) in [5.74, 6) is -2.35. The Morgan fingerprint density at radius 3 is 2.07 bits per heavy atom. The van der Waals surface area contributed by atoms with Gasteiger partial charge in [0, 0.05) is 11.1 Å². The number of benzene rings is 2. The highest BCUT2D eigenvalue weighted by atomic mass is 35.5. The van der Waals surface area contributed by atoms with Crippen LogP contribution in [0.15, 0.2) is 30.3 Å². The molecule has 2 aromatic rings. The molecule has 0 bridgehead atoms. The largest absolute Gasteiger partial charge is 0.478 e. The first-order chi connectivity index (χ1) is 14.0. The normalized spacial score (nSPS) is 21.3. The Bertz CT molecular complexity index is 1020. The lowest BCUT2D eigenvalue weighted by molar-refractivity contribution is -0.129. The van der Waals surface area contributed by atoms with E-state index >= 15 is 0 Å². The van der Waals surface area contributed by atoms with Gasteiger partial charge >= 0.3 is 5.97 Å². The third kappa shape index (κ3) is 3.34. The van der Waals surface area contributed by atoms with Crippen LogP contribution in [-0.2, 0) is 26.1 Å². The van der Waals surface area contributed by atoms with Gasteiger partial charge in [-0.15, -0.1) is 0 Å². The van der Waals surface area contributed by atoms with Gasteiger partial charge in [-0.1, -0.05) is 63.0 Å². The molecule has 160 valence electrons. The lowest BCUT2D eigenvalue weighted by atomic mass is 9.62. The van der Waals surface area contributed by atoms with E-state index in [9.17, 15) is 9.90 Å². The molecule has 0 radical (unpaired) electrons. The van der Waals surface area contributed by atoms with Crippen LogP contribution >= 0.6 is 23.2 Å². The summed E-state index contributed by atoms with van der Waals surface area (Å²) >= 11 is 12.8. The maximum absolute atomic E-state index is 11.4. The highest BCUT2D eigenvalue weighted by Crippen LogP contribution is 2.49. The molecule has 0 atom stereocenters. The van der Waals surface area contributed by atoms with Crippen LogP contribution in [0.4, 0.5) is 0 Å². The van der Waals surface area contributed by atoms with E-state index < -0.39 is 11.8 Å². The van der Waals surface area contributed by atoms with E-state index in [2.05, 4.69) is 39.8 Å². The van der Waals surface area contributed by atoms with Crippen molar-refractivity contribution in [1.29, 1.82) is 0 Å². The fourth-order valence-corrected chi connectivity index (χ4v) is 5.18. The number of rotatable bonds is 3. The standard InChI is InChI=1S/C24H26Cl2O4/c1-22(2)7-8-23(3,4)17-11-14(5-6-16(17)22)24(29-9-10-30-24)18-13-19(25)15(21(27)28)12-20(18)26/h5-6,11-13H,7-10H2,1-4H3,(H,27,28). The van der Waals surface area contributed by atoms with Gasteiger partial charge in [0.2, 0.25) is 5.79 Å². The van der Waals surface area contributed by atoms with Crippen molar-refractivity contribution in [2.75, 3.05) is 13.2 Å². The molecule has 0 amide bonds. The van der Waals surface area contributed by atoms with Crippen molar-refractivity contribution in [3.8, 4) is 0 Å². The fourth-order valence-electron chi connectivity index (χ4n) is 4.65. The van der Waals surface area contributed by atoms with Gasteiger partial charge in [0.1, 0.15) is 0 Å². The number of halogens is 2. The summed E-state index contributed by atoms with van der Waals surface area (Å²) in [6, 6.07) is 9.27.